The summed E-state index contributed by atoms with van der Waals surface area (Å²) in [6, 6.07) is 9.31. The van der Waals surface area contributed by atoms with Crippen molar-refractivity contribution in [3.8, 4) is 0 Å². The number of nitrogens with zero attached hydrogens (tertiary/aromatic N) is 1. The zero-order chi connectivity index (χ0) is 13.8. The van der Waals surface area contributed by atoms with Crippen LogP contribution < -0.4 is 5.32 Å². The highest BCUT2D eigenvalue weighted by molar-refractivity contribution is 5.78. The lowest BCUT2D eigenvalue weighted by Gasteiger charge is -2.24. The second-order valence-electron chi connectivity index (χ2n) is 5.76. The average Bonchev–Trinajstić information content (AvgIpc) is 2.77. The monoisotopic (exact) mass is 260 g/mol. The summed E-state index contributed by atoms with van der Waals surface area (Å²) in [4.78, 5) is 14.2. The van der Waals surface area contributed by atoms with Crippen LogP contribution >= 0.6 is 0 Å². The Morgan fingerprint density at radius 2 is 2.05 bits per heavy atom. The molecule has 19 heavy (non-hydrogen) atoms. The highest BCUT2D eigenvalue weighted by Gasteiger charge is 2.27. The van der Waals surface area contributed by atoms with Crippen molar-refractivity contribution in [2.45, 2.75) is 45.7 Å². The Morgan fingerprint density at radius 1 is 1.37 bits per heavy atom. The predicted molar refractivity (Wildman–Crippen MR) is 78.0 cm³/mol. The lowest BCUT2D eigenvalue weighted by Crippen LogP contribution is -2.39. The van der Waals surface area contributed by atoms with Gasteiger partial charge in [0.25, 0.3) is 0 Å². The van der Waals surface area contributed by atoms with Crippen molar-refractivity contribution in [2.75, 3.05) is 13.1 Å². The van der Waals surface area contributed by atoms with Gasteiger partial charge in [0.1, 0.15) is 0 Å². The molecule has 0 radical (unpaired) electrons. The van der Waals surface area contributed by atoms with Gasteiger partial charge in [0, 0.05) is 12.1 Å². The van der Waals surface area contributed by atoms with Gasteiger partial charge in [-0.1, -0.05) is 29.8 Å². The van der Waals surface area contributed by atoms with Gasteiger partial charge in [0.15, 0.2) is 0 Å². The maximum atomic E-state index is 11.9. The Kier molecular flexibility index (Phi) is 4.59. The molecule has 1 aromatic carbocycles. The second-order valence-corrected chi connectivity index (χ2v) is 5.76. The van der Waals surface area contributed by atoms with Crippen molar-refractivity contribution in [2.24, 2.45) is 0 Å². The lowest BCUT2D eigenvalue weighted by molar-refractivity contribution is -0.122. The van der Waals surface area contributed by atoms with Gasteiger partial charge < -0.3 is 5.32 Å². The van der Waals surface area contributed by atoms with Crippen molar-refractivity contribution in [1.82, 2.24) is 10.2 Å². The summed E-state index contributed by atoms with van der Waals surface area (Å²) in [5.41, 5.74) is 2.62. The number of benzene rings is 1. The minimum absolute atomic E-state index is 0.133. The molecule has 1 fully saturated rings. The van der Waals surface area contributed by atoms with E-state index in [0.29, 0.717) is 12.6 Å². The van der Waals surface area contributed by atoms with Crippen molar-refractivity contribution in [1.29, 1.82) is 0 Å². The minimum Gasteiger partial charge on any atom is -0.353 e. The molecule has 1 aliphatic heterocycles. The molecule has 1 heterocycles. The summed E-state index contributed by atoms with van der Waals surface area (Å²) in [5, 5.41) is 2.97. The number of likely N-dealkylation sites (tertiary alicyclic amines) is 1. The molecule has 0 aromatic heterocycles. The molecule has 1 atom stereocenters. The van der Waals surface area contributed by atoms with Gasteiger partial charge in [-0.25, -0.2) is 0 Å². The van der Waals surface area contributed by atoms with Crippen LogP contribution in [0, 0.1) is 6.92 Å². The zero-order valence-electron chi connectivity index (χ0n) is 12.1. The van der Waals surface area contributed by atoms with Crippen molar-refractivity contribution < 1.29 is 4.79 Å². The van der Waals surface area contributed by atoms with E-state index in [1.165, 1.54) is 17.5 Å². The molecule has 0 bridgehead atoms. The quantitative estimate of drug-likeness (QED) is 0.902. The molecule has 1 unspecified atom stereocenters. The van der Waals surface area contributed by atoms with Gasteiger partial charge in [-0.05, 0) is 45.7 Å². The van der Waals surface area contributed by atoms with E-state index in [1.807, 2.05) is 13.8 Å². The third-order valence-electron chi connectivity index (χ3n) is 3.62. The number of carbonyl (C=O) groups is 1. The molecular weight excluding hydrogens is 236 g/mol. The number of hydrogen-bond donors (Lipinski definition) is 1. The average molecular weight is 260 g/mol. The number of nitrogens with one attached hydrogen (secondary N) is 1. The Hall–Kier alpha value is -1.35. The van der Waals surface area contributed by atoms with Crippen LogP contribution in [0.15, 0.2) is 24.3 Å². The maximum absolute atomic E-state index is 11.9. The maximum Gasteiger partial charge on any atom is 0.234 e. The molecular formula is C16H24N2O. The van der Waals surface area contributed by atoms with Crippen LogP contribution in [0.3, 0.4) is 0 Å². The van der Waals surface area contributed by atoms with Crippen LogP contribution in [0.1, 0.15) is 43.9 Å². The SMILES string of the molecule is Cc1ccc(C2CCCN2CC(=O)NC(C)C)cc1. The number of hydrogen-bond acceptors (Lipinski definition) is 2. The van der Waals surface area contributed by atoms with Crippen LogP contribution in [-0.2, 0) is 4.79 Å². The van der Waals surface area contributed by atoms with Crippen LogP contribution in [0.2, 0.25) is 0 Å². The lowest BCUT2D eigenvalue weighted by atomic mass is 10.0. The van der Waals surface area contributed by atoms with E-state index in [0.717, 1.165) is 13.0 Å². The zero-order valence-corrected chi connectivity index (χ0v) is 12.1. The van der Waals surface area contributed by atoms with Crippen LogP contribution in [-0.4, -0.2) is 29.9 Å². The molecule has 1 N–H and O–H groups in total. The third kappa shape index (κ3) is 3.80. The molecule has 3 heteroatoms. The number of carbonyl (C=O) groups excluding carboxylic acids is 1. The molecule has 1 aromatic rings. The van der Waals surface area contributed by atoms with E-state index in [4.69, 9.17) is 0 Å². The first-order valence-electron chi connectivity index (χ1n) is 7.16. The van der Waals surface area contributed by atoms with Crippen molar-refractivity contribution in [3.05, 3.63) is 35.4 Å². The van der Waals surface area contributed by atoms with Gasteiger partial charge in [0.05, 0.1) is 6.54 Å². The first-order chi connectivity index (χ1) is 9.06. The van der Waals surface area contributed by atoms with Crippen LogP contribution in [0.25, 0.3) is 0 Å². The van der Waals surface area contributed by atoms with Gasteiger partial charge in [0.2, 0.25) is 5.91 Å². The number of aryl methyl sites for hydroxylation is 1. The molecule has 104 valence electrons. The largest absolute Gasteiger partial charge is 0.353 e. The van der Waals surface area contributed by atoms with E-state index in [1.54, 1.807) is 0 Å². The summed E-state index contributed by atoms with van der Waals surface area (Å²) in [6.07, 6.45) is 2.32. The molecule has 0 spiro atoms. The molecule has 2 rings (SSSR count). The highest BCUT2D eigenvalue weighted by atomic mass is 16.2. The molecule has 1 amide bonds. The Morgan fingerprint density at radius 3 is 2.68 bits per heavy atom. The minimum atomic E-state index is 0.133. The fourth-order valence-corrected chi connectivity index (χ4v) is 2.73. The molecule has 1 saturated heterocycles. The van der Waals surface area contributed by atoms with Gasteiger partial charge in [-0.15, -0.1) is 0 Å². The Balaban J connectivity index is 2.00. The van der Waals surface area contributed by atoms with E-state index in [9.17, 15) is 4.79 Å². The van der Waals surface area contributed by atoms with Gasteiger partial charge in [-0.3, -0.25) is 9.69 Å². The fraction of sp³-hybridized carbons (Fsp3) is 0.562. The van der Waals surface area contributed by atoms with E-state index >= 15 is 0 Å². The fourth-order valence-electron chi connectivity index (χ4n) is 2.73. The first-order valence-corrected chi connectivity index (χ1v) is 7.16. The van der Waals surface area contributed by atoms with Crippen LogP contribution in [0.5, 0.6) is 0 Å². The van der Waals surface area contributed by atoms with E-state index < -0.39 is 0 Å². The molecule has 3 nitrogen and oxygen atoms in total. The smallest absolute Gasteiger partial charge is 0.234 e. The summed E-state index contributed by atoms with van der Waals surface area (Å²) < 4.78 is 0. The van der Waals surface area contributed by atoms with E-state index in [2.05, 4.69) is 41.4 Å². The topological polar surface area (TPSA) is 32.3 Å². The number of rotatable bonds is 4. The summed E-state index contributed by atoms with van der Waals surface area (Å²) in [7, 11) is 0. The predicted octanol–water partition coefficient (Wildman–Crippen LogP) is 2.66. The normalized spacial score (nSPS) is 19.9. The Bertz CT molecular complexity index is 425. The van der Waals surface area contributed by atoms with Crippen molar-refractivity contribution in [3.63, 3.8) is 0 Å². The standard InChI is InChI=1S/C16H24N2O/c1-12(2)17-16(19)11-18-10-4-5-15(18)14-8-6-13(3)7-9-14/h6-9,12,15H,4-5,10-11H2,1-3H3,(H,17,19). The molecule has 0 saturated carbocycles. The van der Waals surface area contributed by atoms with Crippen molar-refractivity contribution >= 4 is 5.91 Å². The molecule has 1 aliphatic rings. The third-order valence-corrected chi connectivity index (χ3v) is 3.62. The highest BCUT2D eigenvalue weighted by Crippen LogP contribution is 2.31. The summed E-state index contributed by atoms with van der Waals surface area (Å²) in [5.74, 6) is 0.133. The summed E-state index contributed by atoms with van der Waals surface area (Å²) in [6.45, 7) is 7.63. The van der Waals surface area contributed by atoms with Gasteiger partial charge in [-0.2, -0.15) is 0 Å². The summed E-state index contributed by atoms with van der Waals surface area (Å²) >= 11 is 0. The number of amides is 1. The van der Waals surface area contributed by atoms with Crippen LogP contribution in [0.4, 0.5) is 0 Å². The van der Waals surface area contributed by atoms with E-state index in [-0.39, 0.29) is 11.9 Å². The Labute approximate surface area is 116 Å². The van der Waals surface area contributed by atoms with Gasteiger partial charge >= 0.3 is 0 Å². The first kappa shape index (κ1) is 14.1. The second kappa shape index (κ2) is 6.20. The molecule has 0 aliphatic carbocycles.